The molecule has 5 nitrogen and oxygen atoms in total. The first-order valence-corrected chi connectivity index (χ1v) is 12.8. The van der Waals surface area contributed by atoms with Crippen LogP contribution in [-0.4, -0.2) is 47.0 Å². The molecule has 0 aliphatic carbocycles. The molecule has 1 amide bonds. The number of nitrogens with zero attached hydrogens (tertiary/aromatic N) is 4. The quantitative estimate of drug-likeness (QED) is 0.326. The number of carbonyl (C=O) groups is 1. The Balaban J connectivity index is 1.39. The molecule has 0 saturated carbocycles. The number of rotatable bonds is 6. The summed E-state index contributed by atoms with van der Waals surface area (Å²) in [6, 6.07) is 28.7. The van der Waals surface area contributed by atoms with Gasteiger partial charge in [0, 0.05) is 55.5 Å². The maximum absolute atomic E-state index is 12.8. The molecule has 2 heterocycles. The minimum atomic E-state index is 0.0485. The monoisotopic (exact) mass is 488 g/mol. The Morgan fingerprint density at radius 3 is 2.24 bits per heavy atom. The van der Waals surface area contributed by atoms with Crippen molar-refractivity contribution in [2.24, 2.45) is 0 Å². The van der Waals surface area contributed by atoms with E-state index in [2.05, 4.69) is 61.2 Å². The first-order valence-electron chi connectivity index (χ1n) is 12.8. The highest BCUT2D eigenvalue weighted by Gasteiger charge is 2.24. The molecule has 1 aromatic heterocycles. The third-order valence-electron chi connectivity index (χ3n) is 6.80. The Bertz CT molecular complexity index is 1390. The van der Waals surface area contributed by atoms with Crippen LogP contribution in [0.4, 0.5) is 5.82 Å². The molecule has 0 unspecified atom stereocenters. The molecule has 4 aromatic rings. The number of anilines is 1. The van der Waals surface area contributed by atoms with E-state index in [-0.39, 0.29) is 5.91 Å². The van der Waals surface area contributed by atoms with Gasteiger partial charge in [-0.15, -0.1) is 0 Å². The number of carbonyl (C=O) groups excluding carboxylic acids is 1. The standard InChI is InChI=1S/C32H32N4O/c1-24-10-9-15-28(22-24)31-33-25(2)29(23-27-13-7-4-8-14-27)32(34-31)36-20-18-35(19-21-36)30(37)17-16-26-11-5-3-6-12-26/h3-17,22H,18-21,23H2,1-2H3/b17-16+. The Morgan fingerprint density at radius 1 is 0.838 bits per heavy atom. The smallest absolute Gasteiger partial charge is 0.246 e. The second kappa shape index (κ2) is 11.2. The minimum Gasteiger partial charge on any atom is -0.353 e. The Hall–Kier alpha value is -4.25. The topological polar surface area (TPSA) is 49.3 Å². The summed E-state index contributed by atoms with van der Waals surface area (Å²) in [7, 11) is 0. The first-order chi connectivity index (χ1) is 18.1. The molecule has 1 aliphatic heterocycles. The number of aromatic nitrogens is 2. The fourth-order valence-electron chi connectivity index (χ4n) is 4.74. The Morgan fingerprint density at radius 2 is 1.54 bits per heavy atom. The van der Waals surface area contributed by atoms with Gasteiger partial charge < -0.3 is 9.80 Å². The van der Waals surface area contributed by atoms with E-state index in [4.69, 9.17) is 9.97 Å². The summed E-state index contributed by atoms with van der Waals surface area (Å²) in [6.45, 7) is 6.95. The zero-order chi connectivity index (χ0) is 25.6. The first kappa shape index (κ1) is 24.4. The van der Waals surface area contributed by atoms with Gasteiger partial charge in [0.1, 0.15) is 5.82 Å². The van der Waals surface area contributed by atoms with E-state index in [1.807, 2.05) is 53.4 Å². The van der Waals surface area contributed by atoms with Crippen LogP contribution < -0.4 is 4.90 Å². The summed E-state index contributed by atoms with van der Waals surface area (Å²) in [4.78, 5) is 27.1. The van der Waals surface area contributed by atoms with Crippen molar-refractivity contribution in [3.8, 4) is 11.4 Å². The molecular weight excluding hydrogens is 456 g/mol. The van der Waals surface area contributed by atoms with E-state index < -0.39 is 0 Å². The number of hydrogen-bond acceptors (Lipinski definition) is 4. The molecule has 0 spiro atoms. The van der Waals surface area contributed by atoms with Crippen LogP contribution in [0.2, 0.25) is 0 Å². The summed E-state index contributed by atoms with van der Waals surface area (Å²) < 4.78 is 0. The van der Waals surface area contributed by atoms with Crippen LogP contribution in [0.25, 0.3) is 17.5 Å². The van der Waals surface area contributed by atoms with E-state index in [0.29, 0.717) is 13.1 Å². The number of aryl methyl sites for hydroxylation is 2. The van der Waals surface area contributed by atoms with Crippen molar-refractivity contribution in [3.05, 3.63) is 119 Å². The molecular formula is C32H32N4O. The second-order valence-electron chi connectivity index (χ2n) is 9.52. The van der Waals surface area contributed by atoms with Gasteiger partial charge in [0.05, 0.1) is 0 Å². The molecule has 0 N–H and O–H groups in total. The largest absolute Gasteiger partial charge is 0.353 e. The molecule has 186 valence electrons. The molecule has 1 aliphatic rings. The maximum atomic E-state index is 12.8. The van der Waals surface area contributed by atoms with Gasteiger partial charge >= 0.3 is 0 Å². The number of benzene rings is 3. The van der Waals surface area contributed by atoms with Gasteiger partial charge in [0.2, 0.25) is 5.91 Å². The van der Waals surface area contributed by atoms with Gasteiger partial charge in [0.15, 0.2) is 5.82 Å². The summed E-state index contributed by atoms with van der Waals surface area (Å²) in [5.41, 5.74) is 6.61. The van der Waals surface area contributed by atoms with Crippen LogP contribution in [0.15, 0.2) is 91.0 Å². The molecule has 5 rings (SSSR count). The molecule has 5 heteroatoms. The van der Waals surface area contributed by atoms with Gasteiger partial charge in [-0.25, -0.2) is 9.97 Å². The van der Waals surface area contributed by atoms with Crippen molar-refractivity contribution in [1.82, 2.24) is 14.9 Å². The number of piperazine rings is 1. The summed E-state index contributed by atoms with van der Waals surface area (Å²) in [5, 5.41) is 0. The molecule has 1 saturated heterocycles. The molecule has 1 fully saturated rings. The van der Waals surface area contributed by atoms with E-state index in [1.165, 1.54) is 11.1 Å². The van der Waals surface area contributed by atoms with Crippen LogP contribution in [0.1, 0.15) is 27.9 Å². The predicted molar refractivity (Wildman–Crippen MR) is 150 cm³/mol. The highest BCUT2D eigenvalue weighted by atomic mass is 16.2. The van der Waals surface area contributed by atoms with Crippen molar-refractivity contribution < 1.29 is 4.79 Å². The lowest BCUT2D eigenvalue weighted by atomic mass is 10.0. The van der Waals surface area contributed by atoms with E-state index in [9.17, 15) is 4.79 Å². The maximum Gasteiger partial charge on any atom is 0.246 e. The zero-order valence-electron chi connectivity index (χ0n) is 21.5. The van der Waals surface area contributed by atoms with Crippen molar-refractivity contribution in [2.75, 3.05) is 31.1 Å². The fraction of sp³-hybridized carbons (Fsp3) is 0.219. The minimum absolute atomic E-state index is 0.0485. The van der Waals surface area contributed by atoms with Gasteiger partial charge in [-0.3, -0.25) is 4.79 Å². The molecule has 0 atom stereocenters. The average molecular weight is 489 g/mol. The fourth-order valence-corrected chi connectivity index (χ4v) is 4.74. The van der Waals surface area contributed by atoms with Crippen molar-refractivity contribution in [3.63, 3.8) is 0 Å². The zero-order valence-corrected chi connectivity index (χ0v) is 21.5. The predicted octanol–water partition coefficient (Wildman–Crippen LogP) is 5.71. The SMILES string of the molecule is Cc1cccc(-c2nc(C)c(Cc3ccccc3)c(N3CCN(C(=O)/C=C/c4ccccc4)CC3)n2)c1. The second-order valence-corrected chi connectivity index (χ2v) is 9.52. The third kappa shape index (κ3) is 5.95. The van der Waals surface area contributed by atoms with Crippen LogP contribution in [0.5, 0.6) is 0 Å². The van der Waals surface area contributed by atoms with Gasteiger partial charge in [-0.05, 0) is 37.1 Å². The number of amides is 1. The van der Waals surface area contributed by atoms with Crippen molar-refractivity contribution >= 4 is 17.8 Å². The summed E-state index contributed by atoms with van der Waals surface area (Å²) >= 11 is 0. The van der Waals surface area contributed by atoms with E-state index in [1.54, 1.807) is 6.08 Å². The number of hydrogen-bond donors (Lipinski definition) is 0. The summed E-state index contributed by atoms with van der Waals surface area (Å²) in [5.74, 6) is 1.77. The average Bonchev–Trinajstić information content (AvgIpc) is 2.94. The van der Waals surface area contributed by atoms with E-state index in [0.717, 1.165) is 53.5 Å². The normalized spacial score (nSPS) is 13.8. The highest BCUT2D eigenvalue weighted by molar-refractivity contribution is 5.92. The third-order valence-corrected chi connectivity index (χ3v) is 6.80. The van der Waals surface area contributed by atoms with Crippen LogP contribution >= 0.6 is 0 Å². The highest BCUT2D eigenvalue weighted by Crippen LogP contribution is 2.28. The lowest BCUT2D eigenvalue weighted by Crippen LogP contribution is -2.49. The Labute approximate surface area is 219 Å². The van der Waals surface area contributed by atoms with Gasteiger partial charge in [0.25, 0.3) is 0 Å². The van der Waals surface area contributed by atoms with Gasteiger partial charge in [-0.2, -0.15) is 0 Å². The van der Waals surface area contributed by atoms with Crippen molar-refractivity contribution in [1.29, 1.82) is 0 Å². The van der Waals surface area contributed by atoms with Crippen LogP contribution in [-0.2, 0) is 11.2 Å². The van der Waals surface area contributed by atoms with E-state index >= 15 is 0 Å². The molecule has 3 aromatic carbocycles. The molecule has 0 bridgehead atoms. The Kier molecular flexibility index (Phi) is 7.41. The molecule has 0 radical (unpaired) electrons. The van der Waals surface area contributed by atoms with Gasteiger partial charge in [-0.1, -0.05) is 84.4 Å². The lowest BCUT2D eigenvalue weighted by molar-refractivity contribution is -0.126. The molecule has 37 heavy (non-hydrogen) atoms. The summed E-state index contributed by atoms with van der Waals surface area (Å²) in [6.07, 6.45) is 4.33. The van der Waals surface area contributed by atoms with Crippen LogP contribution in [0.3, 0.4) is 0 Å². The van der Waals surface area contributed by atoms with Crippen molar-refractivity contribution in [2.45, 2.75) is 20.3 Å². The lowest BCUT2D eigenvalue weighted by Gasteiger charge is -2.36. The van der Waals surface area contributed by atoms with Crippen LogP contribution in [0, 0.1) is 13.8 Å².